The van der Waals surface area contributed by atoms with E-state index in [1.54, 1.807) is 6.92 Å². The minimum atomic E-state index is -0.439. The maximum absolute atomic E-state index is 11.6. The van der Waals surface area contributed by atoms with Crippen molar-refractivity contribution in [2.75, 3.05) is 19.8 Å². The Labute approximate surface area is 97.2 Å². The topological polar surface area (TPSA) is 81.6 Å². The van der Waals surface area contributed by atoms with Crippen molar-refractivity contribution in [3.05, 3.63) is 0 Å². The molecule has 1 amide bonds. The highest BCUT2D eigenvalue weighted by atomic mass is 16.3. The first-order chi connectivity index (χ1) is 7.51. The molecule has 1 unspecified atom stereocenters. The lowest BCUT2D eigenvalue weighted by atomic mass is 10.1. The second kappa shape index (κ2) is 8.50. The van der Waals surface area contributed by atoms with Crippen LogP contribution in [0, 0.1) is 5.92 Å². The van der Waals surface area contributed by atoms with Crippen LogP contribution in [0.5, 0.6) is 0 Å². The van der Waals surface area contributed by atoms with E-state index in [4.69, 9.17) is 10.2 Å². The Bertz CT molecular complexity index is 194. The van der Waals surface area contributed by atoms with Crippen LogP contribution in [-0.4, -0.2) is 48.0 Å². The van der Waals surface area contributed by atoms with Gasteiger partial charge in [-0.15, -0.1) is 0 Å². The molecule has 0 spiro atoms. The molecule has 0 aromatic rings. The molecule has 0 saturated carbocycles. The molecule has 5 nitrogen and oxygen atoms in total. The van der Waals surface area contributed by atoms with Crippen molar-refractivity contribution in [2.45, 2.75) is 39.3 Å². The van der Waals surface area contributed by atoms with Crippen LogP contribution in [0.4, 0.5) is 0 Å². The van der Waals surface area contributed by atoms with E-state index in [1.807, 2.05) is 0 Å². The number of aliphatic hydroxyl groups excluding tert-OH is 2. The lowest BCUT2D eigenvalue weighted by Gasteiger charge is -2.19. The third kappa shape index (κ3) is 6.76. The Morgan fingerprint density at radius 2 is 1.75 bits per heavy atom. The number of hydrogen-bond acceptors (Lipinski definition) is 4. The van der Waals surface area contributed by atoms with Crippen molar-refractivity contribution in [1.29, 1.82) is 0 Å². The van der Waals surface area contributed by atoms with Crippen LogP contribution < -0.4 is 10.6 Å². The number of aliphatic hydroxyl groups is 2. The Morgan fingerprint density at radius 3 is 2.19 bits per heavy atom. The summed E-state index contributed by atoms with van der Waals surface area (Å²) in [5, 5.41) is 23.3. The first-order valence-electron chi connectivity index (χ1n) is 5.76. The van der Waals surface area contributed by atoms with E-state index >= 15 is 0 Å². The summed E-state index contributed by atoms with van der Waals surface area (Å²) in [7, 11) is 0. The minimum Gasteiger partial charge on any atom is -0.395 e. The minimum absolute atomic E-state index is 0.104. The standard InChI is InChI=1S/C11H24N2O3/c1-8(2)4-5-12-11(16)9(3)13-10(6-14)7-15/h8-10,13-15H,4-7H2,1-3H3,(H,12,16). The van der Waals surface area contributed by atoms with Crippen molar-refractivity contribution in [3.8, 4) is 0 Å². The molecule has 0 radical (unpaired) electrons. The summed E-state index contributed by atoms with van der Waals surface area (Å²) in [4.78, 5) is 11.6. The van der Waals surface area contributed by atoms with Crippen LogP contribution in [-0.2, 0) is 4.79 Å². The van der Waals surface area contributed by atoms with E-state index in [-0.39, 0.29) is 19.1 Å². The highest BCUT2D eigenvalue weighted by molar-refractivity contribution is 5.81. The Morgan fingerprint density at radius 1 is 1.19 bits per heavy atom. The monoisotopic (exact) mass is 232 g/mol. The average molecular weight is 232 g/mol. The van der Waals surface area contributed by atoms with E-state index < -0.39 is 12.1 Å². The van der Waals surface area contributed by atoms with E-state index in [0.29, 0.717) is 12.5 Å². The summed E-state index contributed by atoms with van der Waals surface area (Å²) in [5.74, 6) is 0.457. The fourth-order valence-electron chi connectivity index (χ4n) is 1.23. The smallest absolute Gasteiger partial charge is 0.236 e. The highest BCUT2D eigenvalue weighted by Gasteiger charge is 2.16. The van der Waals surface area contributed by atoms with Gasteiger partial charge in [0.25, 0.3) is 0 Å². The van der Waals surface area contributed by atoms with Gasteiger partial charge in [0, 0.05) is 6.54 Å². The zero-order valence-electron chi connectivity index (χ0n) is 10.4. The highest BCUT2D eigenvalue weighted by Crippen LogP contribution is 1.96. The van der Waals surface area contributed by atoms with Crippen molar-refractivity contribution in [1.82, 2.24) is 10.6 Å². The second-order valence-electron chi connectivity index (χ2n) is 4.42. The summed E-state index contributed by atoms with van der Waals surface area (Å²) in [6, 6.07) is -0.845. The normalized spacial score (nSPS) is 13.2. The fraction of sp³-hybridized carbons (Fsp3) is 0.909. The summed E-state index contributed by atoms with van der Waals surface area (Å²) < 4.78 is 0. The van der Waals surface area contributed by atoms with Gasteiger partial charge in [-0.05, 0) is 19.3 Å². The van der Waals surface area contributed by atoms with Gasteiger partial charge in [-0.2, -0.15) is 0 Å². The Hall–Kier alpha value is -0.650. The third-order valence-electron chi connectivity index (χ3n) is 2.34. The number of nitrogens with one attached hydrogen (secondary N) is 2. The number of amides is 1. The van der Waals surface area contributed by atoms with Crippen LogP contribution in [0.3, 0.4) is 0 Å². The zero-order valence-corrected chi connectivity index (χ0v) is 10.4. The lowest BCUT2D eigenvalue weighted by molar-refractivity contribution is -0.123. The molecule has 5 heteroatoms. The summed E-state index contributed by atoms with van der Waals surface area (Å²) in [6.45, 7) is 6.21. The van der Waals surface area contributed by atoms with Gasteiger partial charge < -0.3 is 15.5 Å². The van der Waals surface area contributed by atoms with E-state index in [9.17, 15) is 4.79 Å². The fourth-order valence-corrected chi connectivity index (χ4v) is 1.23. The average Bonchev–Trinajstić information content (AvgIpc) is 2.24. The zero-order chi connectivity index (χ0) is 12.6. The molecule has 0 aromatic heterocycles. The van der Waals surface area contributed by atoms with Crippen LogP contribution in [0.2, 0.25) is 0 Å². The number of carbonyl (C=O) groups is 1. The van der Waals surface area contributed by atoms with Gasteiger partial charge in [0.15, 0.2) is 0 Å². The maximum Gasteiger partial charge on any atom is 0.236 e. The predicted octanol–water partition coefficient (Wildman–Crippen LogP) is -0.520. The van der Waals surface area contributed by atoms with Gasteiger partial charge in [-0.25, -0.2) is 0 Å². The molecule has 0 saturated heterocycles. The number of hydrogen-bond donors (Lipinski definition) is 4. The molecular formula is C11H24N2O3. The van der Waals surface area contributed by atoms with Crippen LogP contribution in [0.25, 0.3) is 0 Å². The van der Waals surface area contributed by atoms with Gasteiger partial charge >= 0.3 is 0 Å². The van der Waals surface area contributed by atoms with E-state index in [0.717, 1.165) is 6.42 Å². The van der Waals surface area contributed by atoms with Crippen molar-refractivity contribution in [3.63, 3.8) is 0 Å². The molecule has 0 fully saturated rings. The molecule has 96 valence electrons. The lowest BCUT2D eigenvalue weighted by Crippen LogP contribution is -2.49. The van der Waals surface area contributed by atoms with E-state index in [1.165, 1.54) is 0 Å². The SMILES string of the molecule is CC(C)CCNC(=O)C(C)NC(CO)CO. The molecule has 1 atom stereocenters. The third-order valence-corrected chi connectivity index (χ3v) is 2.34. The summed E-state index contributed by atoms with van der Waals surface area (Å²) >= 11 is 0. The van der Waals surface area contributed by atoms with Gasteiger partial charge in [-0.3, -0.25) is 10.1 Å². The summed E-state index contributed by atoms with van der Waals surface area (Å²) in [5.41, 5.74) is 0. The molecule has 0 aliphatic carbocycles. The van der Waals surface area contributed by atoms with Gasteiger partial charge in [0.05, 0.1) is 25.3 Å². The second-order valence-corrected chi connectivity index (χ2v) is 4.42. The van der Waals surface area contributed by atoms with Crippen molar-refractivity contribution in [2.24, 2.45) is 5.92 Å². The number of carbonyl (C=O) groups excluding carboxylic acids is 1. The summed E-state index contributed by atoms with van der Waals surface area (Å²) in [6.07, 6.45) is 0.946. The molecule has 0 rings (SSSR count). The van der Waals surface area contributed by atoms with Gasteiger partial charge in [0.2, 0.25) is 5.91 Å². The van der Waals surface area contributed by atoms with Crippen molar-refractivity contribution >= 4 is 5.91 Å². The Kier molecular flexibility index (Phi) is 8.15. The molecule has 0 aliphatic heterocycles. The molecule has 0 bridgehead atoms. The molecule has 16 heavy (non-hydrogen) atoms. The largest absolute Gasteiger partial charge is 0.395 e. The van der Waals surface area contributed by atoms with Gasteiger partial charge in [0.1, 0.15) is 0 Å². The molecule has 0 aromatic carbocycles. The predicted molar refractivity (Wildman–Crippen MR) is 63.0 cm³/mol. The maximum atomic E-state index is 11.6. The quantitative estimate of drug-likeness (QED) is 0.454. The Balaban J connectivity index is 3.80. The van der Waals surface area contributed by atoms with Crippen molar-refractivity contribution < 1.29 is 15.0 Å². The first kappa shape index (κ1) is 15.3. The van der Waals surface area contributed by atoms with E-state index in [2.05, 4.69) is 24.5 Å². The van der Waals surface area contributed by atoms with Crippen LogP contribution in [0.1, 0.15) is 27.2 Å². The number of rotatable bonds is 8. The van der Waals surface area contributed by atoms with Crippen LogP contribution in [0.15, 0.2) is 0 Å². The molecule has 0 heterocycles. The van der Waals surface area contributed by atoms with Crippen LogP contribution >= 0.6 is 0 Å². The van der Waals surface area contributed by atoms with Gasteiger partial charge in [-0.1, -0.05) is 13.8 Å². The first-order valence-corrected chi connectivity index (χ1v) is 5.76. The molecule has 4 N–H and O–H groups in total. The molecule has 0 aliphatic rings. The molecular weight excluding hydrogens is 208 g/mol.